The van der Waals surface area contributed by atoms with Crippen LogP contribution in [0, 0.1) is 11.8 Å². The van der Waals surface area contributed by atoms with Crippen molar-refractivity contribution >= 4 is 19.7 Å². The zero-order chi connectivity index (χ0) is 13.5. The van der Waals surface area contributed by atoms with Crippen molar-refractivity contribution in [3.05, 3.63) is 0 Å². The lowest BCUT2D eigenvalue weighted by molar-refractivity contribution is 0.00761. The fourth-order valence-electron chi connectivity index (χ4n) is 1.27. The molecule has 0 N–H and O–H groups in total. The Labute approximate surface area is 109 Å². The summed E-state index contributed by atoms with van der Waals surface area (Å²) in [7, 11) is 1.78. The maximum atomic E-state index is 11.0. The Bertz CT molecular complexity index is 288. The first kappa shape index (κ1) is 17.2. The van der Waals surface area contributed by atoms with Crippen LogP contribution in [0.1, 0.15) is 27.7 Å². The molecular formula is C11H23ClO4S. The topological polar surface area (TPSA) is 52.6 Å². The third kappa shape index (κ3) is 11.0. The molecule has 0 saturated carbocycles. The second-order valence-electron chi connectivity index (χ2n) is 4.70. The van der Waals surface area contributed by atoms with Crippen LogP contribution >= 0.6 is 10.7 Å². The van der Waals surface area contributed by atoms with Crippen molar-refractivity contribution < 1.29 is 17.9 Å². The molecule has 1 unspecified atom stereocenters. The van der Waals surface area contributed by atoms with Gasteiger partial charge in [0.05, 0.1) is 31.7 Å². The molecule has 0 aromatic heterocycles. The molecular weight excluding hydrogens is 264 g/mol. The van der Waals surface area contributed by atoms with Crippen LogP contribution in [-0.4, -0.2) is 40.1 Å². The normalized spacial score (nSPS) is 14.5. The fraction of sp³-hybridized carbons (Fsp3) is 1.00. The van der Waals surface area contributed by atoms with Gasteiger partial charge in [0.2, 0.25) is 9.05 Å². The van der Waals surface area contributed by atoms with Gasteiger partial charge in [-0.05, 0) is 25.7 Å². The molecule has 0 aliphatic carbocycles. The molecule has 0 radical (unpaired) electrons. The summed E-state index contributed by atoms with van der Waals surface area (Å²) in [6.45, 7) is 9.22. The Hall–Kier alpha value is 0.160. The van der Waals surface area contributed by atoms with Crippen molar-refractivity contribution in [2.45, 2.75) is 33.8 Å². The second kappa shape index (κ2) is 8.29. The summed E-state index contributed by atoms with van der Waals surface area (Å²) in [4.78, 5) is 0. The third-order valence-corrected chi connectivity index (χ3v) is 3.57. The molecule has 104 valence electrons. The van der Waals surface area contributed by atoms with Gasteiger partial charge in [0.15, 0.2) is 0 Å². The molecule has 0 heterocycles. The van der Waals surface area contributed by atoms with E-state index in [9.17, 15) is 8.42 Å². The first-order valence-electron chi connectivity index (χ1n) is 5.84. The molecule has 4 nitrogen and oxygen atoms in total. The molecule has 0 saturated heterocycles. The summed E-state index contributed by atoms with van der Waals surface area (Å²) in [5, 5.41) is 0. The third-order valence-electron chi connectivity index (χ3n) is 2.37. The molecule has 0 fully saturated rings. The van der Waals surface area contributed by atoms with E-state index in [1.165, 1.54) is 0 Å². The molecule has 6 heteroatoms. The Balaban J connectivity index is 3.87. The lowest BCUT2D eigenvalue weighted by Crippen LogP contribution is -2.24. The lowest BCUT2D eigenvalue weighted by Gasteiger charge is -2.19. The highest BCUT2D eigenvalue weighted by Crippen LogP contribution is 2.16. The van der Waals surface area contributed by atoms with Crippen LogP contribution in [-0.2, 0) is 18.5 Å². The maximum Gasteiger partial charge on any atom is 0.232 e. The molecule has 0 aromatic carbocycles. The van der Waals surface area contributed by atoms with Crippen LogP contribution in [0.25, 0.3) is 0 Å². The number of halogens is 1. The van der Waals surface area contributed by atoms with Crippen LogP contribution < -0.4 is 0 Å². The number of ether oxygens (including phenoxy) is 2. The van der Waals surface area contributed by atoms with E-state index in [0.717, 1.165) is 0 Å². The Kier molecular flexibility index (Phi) is 8.37. The SMILES string of the molecule is CC(C)OCCOCC(CS(=O)(=O)Cl)C(C)C. The predicted molar refractivity (Wildman–Crippen MR) is 69.9 cm³/mol. The Morgan fingerprint density at radius 3 is 2.12 bits per heavy atom. The predicted octanol–water partition coefficient (Wildman–Crippen LogP) is 2.27. The van der Waals surface area contributed by atoms with Gasteiger partial charge in [-0.25, -0.2) is 8.42 Å². The molecule has 0 aromatic rings. The van der Waals surface area contributed by atoms with Crippen molar-refractivity contribution in [3.63, 3.8) is 0 Å². The van der Waals surface area contributed by atoms with Crippen molar-refractivity contribution in [1.82, 2.24) is 0 Å². The van der Waals surface area contributed by atoms with E-state index in [4.69, 9.17) is 20.2 Å². The fourth-order valence-corrected chi connectivity index (χ4v) is 2.74. The average molecular weight is 287 g/mol. The lowest BCUT2D eigenvalue weighted by atomic mass is 9.99. The van der Waals surface area contributed by atoms with Gasteiger partial charge in [-0.3, -0.25) is 0 Å². The first-order valence-corrected chi connectivity index (χ1v) is 8.32. The minimum absolute atomic E-state index is 0.0444. The van der Waals surface area contributed by atoms with E-state index in [2.05, 4.69) is 0 Å². The summed E-state index contributed by atoms with van der Waals surface area (Å²) in [5.41, 5.74) is 0. The Morgan fingerprint density at radius 1 is 1.12 bits per heavy atom. The molecule has 0 aliphatic rings. The van der Waals surface area contributed by atoms with Crippen LogP contribution in [0.5, 0.6) is 0 Å². The van der Waals surface area contributed by atoms with Crippen molar-refractivity contribution in [3.8, 4) is 0 Å². The summed E-state index contributed by atoms with van der Waals surface area (Å²) < 4.78 is 32.7. The van der Waals surface area contributed by atoms with Crippen molar-refractivity contribution in [1.29, 1.82) is 0 Å². The van der Waals surface area contributed by atoms with Gasteiger partial charge in [-0.15, -0.1) is 0 Å². The van der Waals surface area contributed by atoms with E-state index < -0.39 is 9.05 Å². The van der Waals surface area contributed by atoms with Crippen LogP contribution in [0.4, 0.5) is 0 Å². The van der Waals surface area contributed by atoms with Gasteiger partial charge in [0.1, 0.15) is 0 Å². The molecule has 0 bridgehead atoms. The summed E-state index contributed by atoms with van der Waals surface area (Å²) in [5.74, 6) is 0.100. The summed E-state index contributed by atoms with van der Waals surface area (Å²) in [6.07, 6.45) is 0.183. The quantitative estimate of drug-likeness (QED) is 0.482. The zero-order valence-electron chi connectivity index (χ0n) is 11.0. The summed E-state index contributed by atoms with van der Waals surface area (Å²) in [6, 6.07) is 0. The maximum absolute atomic E-state index is 11.0. The molecule has 0 amide bonds. The minimum Gasteiger partial charge on any atom is -0.379 e. The number of rotatable bonds is 9. The number of hydrogen-bond donors (Lipinski definition) is 0. The Morgan fingerprint density at radius 2 is 1.71 bits per heavy atom. The average Bonchev–Trinajstić information content (AvgIpc) is 2.12. The van der Waals surface area contributed by atoms with Gasteiger partial charge < -0.3 is 9.47 Å². The molecule has 0 aliphatic heterocycles. The molecule has 0 rings (SSSR count). The highest BCUT2D eigenvalue weighted by atomic mass is 35.7. The number of hydrogen-bond acceptors (Lipinski definition) is 4. The largest absolute Gasteiger partial charge is 0.379 e. The van der Waals surface area contributed by atoms with Crippen molar-refractivity contribution in [2.24, 2.45) is 11.8 Å². The van der Waals surface area contributed by atoms with Crippen LogP contribution in [0.2, 0.25) is 0 Å². The van der Waals surface area contributed by atoms with E-state index in [0.29, 0.717) is 19.8 Å². The second-order valence-corrected chi connectivity index (χ2v) is 7.53. The van der Waals surface area contributed by atoms with Gasteiger partial charge in [0, 0.05) is 10.7 Å². The van der Waals surface area contributed by atoms with Crippen LogP contribution in [0.3, 0.4) is 0 Å². The minimum atomic E-state index is -3.46. The standard InChI is InChI=1S/C11H23ClO4S/c1-9(2)11(8-17(12,13)14)7-15-5-6-16-10(3)4/h9-11H,5-8H2,1-4H3. The van der Waals surface area contributed by atoms with Gasteiger partial charge in [-0.1, -0.05) is 13.8 Å². The van der Waals surface area contributed by atoms with Crippen LogP contribution in [0.15, 0.2) is 0 Å². The van der Waals surface area contributed by atoms with Gasteiger partial charge >= 0.3 is 0 Å². The smallest absolute Gasteiger partial charge is 0.232 e. The molecule has 1 atom stereocenters. The van der Waals surface area contributed by atoms with Crippen molar-refractivity contribution in [2.75, 3.05) is 25.6 Å². The van der Waals surface area contributed by atoms with E-state index in [1.54, 1.807) is 0 Å². The van der Waals surface area contributed by atoms with E-state index >= 15 is 0 Å². The van der Waals surface area contributed by atoms with Gasteiger partial charge in [0.25, 0.3) is 0 Å². The van der Waals surface area contributed by atoms with E-state index in [-0.39, 0.29) is 23.7 Å². The highest BCUT2D eigenvalue weighted by molar-refractivity contribution is 8.13. The molecule has 17 heavy (non-hydrogen) atoms. The monoisotopic (exact) mass is 286 g/mol. The highest BCUT2D eigenvalue weighted by Gasteiger charge is 2.20. The molecule has 0 spiro atoms. The zero-order valence-corrected chi connectivity index (χ0v) is 12.6. The van der Waals surface area contributed by atoms with E-state index in [1.807, 2.05) is 27.7 Å². The van der Waals surface area contributed by atoms with Gasteiger partial charge in [-0.2, -0.15) is 0 Å². The first-order chi connectivity index (χ1) is 7.72. The summed E-state index contributed by atoms with van der Waals surface area (Å²) >= 11 is 0.